The van der Waals surface area contributed by atoms with Crippen LogP contribution in [0.25, 0.3) is 0 Å². The third-order valence-electron chi connectivity index (χ3n) is 4.58. The van der Waals surface area contributed by atoms with Gasteiger partial charge in [0.1, 0.15) is 0 Å². The summed E-state index contributed by atoms with van der Waals surface area (Å²) >= 11 is 0. The summed E-state index contributed by atoms with van der Waals surface area (Å²) in [7, 11) is -0.800. The molecule has 0 aromatic heterocycles. The molecule has 0 aliphatic carbocycles. The summed E-state index contributed by atoms with van der Waals surface area (Å²) in [5.41, 5.74) is 1.81. The minimum atomic E-state index is -0.800. The van der Waals surface area contributed by atoms with Gasteiger partial charge in [-0.05, 0) is 45.6 Å². The minimum absolute atomic E-state index is 0.270. The molecule has 0 spiro atoms. The van der Waals surface area contributed by atoms with Crippen LogP contribution in [0, 0.1) is 0 Å². The van der Waals surface area contributed by atoms with Crippen molar-refractivity contribution in [2.75, 3.05) is 12.5 Å². The van der Waals surface area contributed by atoms with Gasteiger partial charge >= 0.3 is 0 Å². The molecule has 1 aromatic rings. The summed E-state index contributed by atoms with van der Waals surface area (Å²) in [6.45, 7) is 14.1. The standard InChI is InChI=1S/C17H30S/c1-9-17(5,6)14-12-10-11-13-15(14)18(7,8)16(2,3)4/h10-13H,9H2,1-8H3. The van der Waals surface area contributed by atoms with Crippen LogP contribution in [0.3, 0.4) is 0 Å². The van der Waals surface area contributed by atoms with Crippen LogP contribution in [-0.4, -0.2) is 17.3 Å². The van der Waals surface area contributed by atoms with Crippen molar-refractivity contribution < 1.29 is 0 Å². The van der Waals surface area contributed by atoms with E-state index in [9.17, 15) is 0 Å². The molecular formula is C17H30S. The summed E-state index contributed by atoms with van der Waals surface area (Å²) in [6, 6.07) is 9.08. The molecule has 0 saturated heterocycles. The van der Waals surface area contributed by atoms with Crippen molar-refractivity contribution in [2.24, 2.45) is 0 Å². The quantitative estimate of drug-likeness (QED) is 0.668. The molecule has 0 radical (unpaired) electrons. The number of hydrogen-bond donors (Lipinski definition) is 0. The molecule has 0 N–H and O–H groups in total. The van der Waals surface area contributed by atoms with Crippen molar-refractivity contribution in [3.63, 3.8) is 0 Å². The molecule has 104 valence electrons. The first-order chi connectivity index (χ1) is 8.04. The second-order valence-corrected chi connectivity index (χ2v) is 11.5. The van der Waals surface area contributed by atoms with Crippen LogP contribution >= 0.6 is 10.0 Å². The molecule has 0 fully saturated rings. The molecule has 1 rings (SSSR count). The van der Waals surface area contributed by atoms with Gasteiger partial charge in [-0.2, -0.15) is 0 Å². The van der Waals surface area contributed by atoms with Crippen LogP contribution < -0.4 is 0 Å². The van der Waals surface area contributed by atoms with Gasteiger partial charge < -0.3 is 0 Å². The van der Waals surface area contributed by atoms with E-state index in [-0.39, 0.29) is 5.41 Å². The minimum Gasteiger partial charge on any atom is -0.215 e. The summed E-state index contributed by atoms with van der Waals surface area (Å²) in [5, 5.41) is 0. The molecule has 18 heavy (non-hydrogen) atoms. The predicted octanol–water partition coefficient (Wildman–Crippen LogP) is 5.60. The Kier molecular flexibility index (Phi) is 4.27. The fourth-order valence-electron chi connectivity index (χ4n) is 1.99. The first kappa shape index (κ1) is 15.6. The van der Waals surface area contributed by atoms with E-state index < -0.39 is 10.0 Å². The summed E-state index contributed by atoms with van der Waals surface area (Å²) in [4.78, 5) is 1.59. The molecule has 0 aliphatic heterocycles. The maximum Gasteiger partial charge on any atom is -0.00490 e. The van der Waals surface area contributed by atoms with E-state index in [1.165, 1.54) is 6.42 Å². The lowest BCUT2D eigenvalue weighted by atomic mass is 9.82. The molecule has 1 heteroatoms. The molecule has 0 aliphatic rings. The molecule has 0 atom stereocenters. The Hall–Kier alpha value is -0.430. The molecule has 0 heterocycles. The van der Waals surface area contributed by atoms with Gasteiger partial charge in [-0.1, -0.05) is 59.7 Å². The highest BCUT2D eigenvalue weighted by molar-refractivity contribution is 8.33. The second kappa shape index (κ2) is 4.92. The van der Waals surface area contributed by atoms with Gasteiger partial charge in [0.25, 0.3) is 0 Å². The van der Waals surface area contributed by atoms with Crippen LogP contribution in [0.5, 0.6) is 0 Å². The van der Waals surface area contributed by atoms with Crippen molar-refractivity contribution in [3.05, 3.63) is 29.8 Å². The van der Waals surface area contributed by atoms with E-state index in [1.54, 1.807) is 10.5 Å². The van der Waals surface area contributed by atoms with E-state index >= 15 is 0 Å². The Morgan fingerprint density at radius 2 is 1.44 bits per heavy atom. The summed E-state index contributed by atoms with van der Waals surface area (Å²) in [5.74, 6) is 0. The number of rotatable bonds is 3. The van der Waals surface area contributed by atoms with Crippen molar-refractivity contribution in [1.82, 2.24) is 0 Å². The van der Waals surface area contributed by atoms with Crippen LogP contribution in [0.4, 0.5) is 0 Å². The van der Waals surface area contributed by atoms with E-state index in [1.807, 2.05) is 0 Å². The first-order valence-corrected chi connectivity index (χ1v) is 9.31. The highest BCUT2D eigenvalue weighted by Crippen LogP contribution is 2.61. The molecule has 1 aromatic carbocycles. The Bertz CT molecular complexity index is 408. The fourth-order valence-corrected chi connectivity index (χ4v) is 3.96. The third kappa shape index (κ3) is 2.77. The van der Waals surface area contributed by atoms with Gasteiger partial charge in [-0.3, -0.25) is 0 Å². The van der Waals surface area contributed by atoms with Crippen LogP contribution in [0.2, 0.25) is 0 Å². The molecule has 0 unspecified atom stereocenters. The highest BCUT2D eigenvalue weighted by Gasteiger charge is 2.34. The normalized spacial score (nSPS) is 14.7. The maximum atomic E-state index is 2.46. The predicted molar refractivity (Wildman–Crippen MR) is 87.2 cm³/mol. The van der Waals surface area contributed by atoms with Crippen molar-refractivity contribution in [2.45, 2.75) is 63.0 Å². The van der Waals surface area contributed by atoms with Crippen molar-refractivity contribution >= 4 is 10.0 Å². The monoisotopic (exact) mass is 266 g/mol. The van der Waals surface area contributed by atoms with Gasteiger partial charge in [0.15, 0.2) is 0 Å². The van der Waals surface area contributed by atoms with Gasteiger partial charge in [-0.15, -0.1) is 0 Å². The lowest BCUT2D eigenvalue weighted by Crippen LogP contribution is -2.27. The molecule has 0 bridgehead atoms. The number of benzene rings is 1. The topological polar surface area (TPSA) is 0 Å². The van der Waals surface area contributed by atoms with Crippen LogP contribution in [0.1, 0.15) is 53.5 Å². The maximum absolute atomic E-state index is 2.46. The zero-order chi connectivity index (χ0) is 14.2. The second-order valence-electron chi connectivity index (χ2n) is 7.17. The SMILES string of the molecule is CCC(C)(C)c1ccccc1S(C)(C)C(C)(C)C. The lowest BCUT2D eigenvalue weighted by Gasteiger charge is -2.47. The smallest absolute Gasteiger partial charge is 0.00490 e. The van der Waals surface area contributed by atoms with E-state index in [2.05, 4.69) is 78.3 Å². The van der Waals surface area contributed by atoms with Gasteiger partial charge in [0.2, 0.25) is 0 Å². The molecule has 0 amide bonds. The molecule has 0 nitrogen and oxygen atoms in total. The van der Waals surface area contributed by atoms with Crippen molar-refractivity contribution in [3.8, 4) is 0 Å². The van der Waals surface area contributed by atoms with Crippen LogP contribution in [0.15, 0.2) is 29.2 Å². The Balaban J connectivity index is 3.44. The third-order valence-corrected chi connectivity index (χ3v) is 9.10. The van der Waals surface area contributed by atoms with Crippen LogP contribution in [-0.2, 0) is 5.41 Å². The molecule has 0 saturated carbocycles. The van der Waals surface area contributed by atoms with Gasteiger partial charge in [-0.25, -0.2) is 10.0 Å². The summed E-state index contributed by atoms with van der Waals surface area (Å²) < 4.78 is 0.340. The van der Waals surface area contributed by atoms with E-state index in [0.717, 1.165) is 0 Å². The largest absolute Gasteiger partial charge is 0.215 e. The van der Waals surface area contributed by atoms with Gasteiger partial charge in [0, 0.05) is 0 Å². The molecular weight excluding hydrogens is 236 g/mol. The summed E-state index contributed by atoms with van der Waals surface area (Å²) in [6.07, 6.45) is 6.10. The van der Waals surface area contributed by atoms with Crippen molar-refractivity contribution in [1.29, 1.82) is 0 Å². The zero-order valence-electron chi connectivity index (χ0n) is 13.4. The lowest BCUT2D eigenvalue weighted by molar-refractivity contribution is 0.496. The Morgan fingerprint density at radius 1 is 0.944 bits per heavy atom. The Morgan fingerprint density at radius 3 is 1.89 bits per heavy atom. The van der Waals surface area contributed by atoms with E-state index in [0.29, 0.717) is 4.75 Å². The highest BCUT2D eigenvalue weighted by atomic mass is 32.3. The average Bonchev–Trinajstić information content (AvgIpc) is 2.27. The fraction of sp³-hybridized carbons (Fsp3) is 0.647. The Labute approximate surface area is 116 Å². The van der Waals surface area contributed by atoms with Gasteiger partial charge in [0.05, 0.1) is 0 Å². The first-order valence-electron chi connectivity index (χ1n) is 6.86. The zero-order valence-corrected chi connectivity index (χ0v) is 14.2. The average molecular weight is 266 g/mol. The van der Waals surface area contributed by atoms with E-state index in [4.69, 9.17) is 0 Å². The number of hydrogen-bond acceptors (Lipinski definition) is 0.